The second-order valence-electron chi connectivity index (χ2n) is 6.39. The average molecular weight is 277 g/mol. The van der Waals surface area contributed by atoms with E-state index in [1.807, 2.05) is 0 Å². The van der Waals surface area contributed by atoms with E-state index < -0.39 is 0 Å². The van der Waals surface area contributed by atoms with Crippen LogP contribution in [-0.4, -0.2) is 77.3 Å². The molecule has 0 atom stereocenters. The predicted octanol–water partition coefficient (Wildman–Crippen LogP) is 0.930. The van der Waals surface area contributed by atoms with Crippen molar-refractivity contribution in [3.8, 4) is 0 Å². The van der Waals surface area contributed by atoms with Crippen molar-refractivity contribution in [1.82, 2.24) is 24.9 Å². The summed E-state index contributed by atoms with van der Waals surface area (Å²) < 4.78 is 0. The van der Waals surface area contributed by atoms with Gasteiger partial charge in [0.25, 0.3) is 0 Å². The van der Waals surface area contributed by atoms with Gasteiger partial charge in [-0.2, -0.15) is 5.10 Å². The molecule has 2 aliphatic heterocycles. The summed E-state index contributed by atoms with van der Waals surface area (Å²) in [7, 11) is 2.24. The summed E-state index contributed by atoms with van der Waals surface area (Å²) in [6, 6.07) is 2.98. The molecule has 3 rings (SSSR count). The first-order valence-corrected chi connectivity index (χ1v) is 7.86. The van der Waals surface area contributed by atoms with Crippen molar-refractivity contribution >= 4 is 0 Å². The van der Waals surface area contributed by atoms with E-state index in [1.54, 1.807) is 0 Å². The summed E-state index contributed by atoms with van der Waals surface area (Å²) >= 11 is 0. The molecule has 0 unspecified atom stereocenters. The lowest BCUT2D eigenvalue weighted by Gasteiger charge is -2.42. The van der Waals surface area contributed by atoms with Crippen molar-refractivity contribution in [3.63, 3.8) is 0 Å². The van der Waals surface area contributed by atoms with Crippen LogP contribution in [0.1, 0.15) is 24.2 Å². The first-order chi connectivity index (χ1) is 9.70. The molecule has 2 saturated heterocycles. The van der Waals surface area contributed by atoms with E-state index in [2.05, 4.69) is 44.9 Å². The number of nitrogens with one attached hydrogen (secondary N) is 1. The molecule has 0 aromatic carbocycles. The Hall–Kier alpha value is -0.910. The van der Waals surface area contributed by atoms with Crippen LogP contribution in [0.4, 0.5) is 0 Å². The van der Waals surface area contributed by atoms with Gasteiger partial charge in [-0.1, -0.05) is 0 Å². The number of likely N-dealkylation sites (tertiary alicyclic amines) is 1. The zero-order valence-corrected chi connectivity index (χ0v) is 12.8. The largest absolute Gasteiger partial charge is 0.306 e. The van der Waals surface area contributed by atoms with Crippen LogP contribution < -0.4 is 0 Å². The average Bonchev–Trinajstić information content (AvgIpc) is 2.86. The van der Waals surface area contributed by atoms with Gasteiger partial charge in [0.05, 0.1) is 5.69 Å². The third-order valence-corrected chi connectivity index (χ3v) is 4.76. The molecule has 1 N–H and O–H groups in total. The highest BCUT2D eigenvalue weighted by atomic mass is 15.3. The van der Waals surface area contributed by atoms with Crippen molar-refractivity contribution < 1.29 is 0 Å². The molecule has 0 saturated carbocycles. The number of aryl methyl sites for hydroxylation is 1. The number of piperidine rings is 1. The summed E-state index contributed by atoms with van der Waals surface area (Å²) in [5.41, 5.74) is 2.33. The van der Waals surface area contributed by atoms with Crippen LogP contribution in [-0.2, 0) is 6.54 Å². The Kier molecular flexibility index (Phi) is 4.38. The second-order valence-corrected chi connectivity index (χ2v) is 6.39. The molecule has 0 radical (unpaired) electrons. The van der Waals surface area contributed by atoms with Gasteiger partial charge in [-0.15, -0.1) is 0 Å². The van der Waals surface area contributed by atoms with Crippen molar-refractivity contribution in [2.24, 2.45) is 0 Å². The monoisotopic (exact) mass is 277 g/mol. The molecule has 2 aliphatic rings. The molecule has 0 spiro atoms. The number of nitrogens with zero attached hydrogens (tertiary/aromatic N) is 4. The van der Waals surface area contributed by atoms with Gasteiger partial charge in [-0.05, 0) is 46.0 Å². The van der Waals surface area contributed by atoms with Crippen LogP contribution in [0.5, 0.6) is 0 Å². The van der Waals surface area contributed by atoms with Crippen LogP contribution in [0.15, 0.2) is 6.07 Å². The fourth-order valence-electron chi connectivity index (χ4n) is 3.43. The van der Waals surface area contributed by atoms with Gasteiger partial charge < -0.3 is 4.90 Å². The van der Waals surface area contributed by atoms with Crippen LogP contribution >= 0.6 is 0 Å². The summed E-state index contributed by atoms with van der Waals surface area (Å²) in [6.07, 6.45) is 2.68. The highest BCUT2D eigenvalue weighted by Gasteiger charge is 2.26. The van der Waals surface area contributed by atoms with E-state index >= 15 is 0 Å². The molecular formula is C15H27N5. The summed E-state index contributed by atoms with van der Waals surface area (Å²) in [5, 5.41) is 7.37. The maximum absolute atomic E-state index is 4.34. The molecule has 2 fully saturated rings. The predicted molar refractivity (Wildman–Crippen MR) is 80.7 cm³/mol. The van der Waals surface area contributed by atoms with E-state index in [0.29, 0.717) is 0 Å². The topological polar surface area (TPSA) is 38.4 Å². The zero-order chi connectivity index (χ0) is 13.9. The first-order valence-electron chi connectivity index (χ1n) is 7.86. The molecule has 1 aromatic heterocycles. The van der Waals surface area contributed by atoms with Crippen molar-refractivity contribution in [2.75, 3.05) is 46.3 Å². The molecule has 1 aromatic rings. The molecule has 20 heavy (non-hydrogen) atoms. The van der Waals surface area contributed by atoms with E-state index in [9.17, 15) is 0 Å². The Morgan fingerprint density at radius 1 is 1.15 bits per heavy atom. The highest BCUT2D eigenvalue weighted by Crippen LogP contribution is 2.18. The van der Waals surface area contributed by atoms with E-state index in [1.165, 1.54) is 57.8 Å². The summed E-state index contributed by atoms with van der Waals surface area (Å²) in [4.78, 5) is 7.69. The number of hydrogen-bond acceptors (Lipinski definition) is 4. The molecule has 3 heterocycles. The Bertz CT molecular complexity index is 414. The normalized spacial score (nSPS) is 24.3. The third kappa shape index (κ3) is 3.40. The van der Waals surface area contributed by atoms with E-state index in [-0.39, 0.29) is 0 Å². The molecule has 0 amide bonds. The Balaban J connectivity index is 1.45. The smallest absolute Gasteiger partial charge is 0.0765 e. The van der Waals surface area contributed by atoms with E-state index in [4.69, 9.17) is 0 Å². The first kappa shape index (κ1) is 14.0. The third-order valence-electron chi connectivity index (χ3n) is 4.76. The molecule has 5 nitrogen and oxygen atoms in total. The number of aromatic amines is 1. The lowest BCUT2D eigenvalue weighted by atomic mass is 10.0. The Morgan fingerprint density at radius 3 is 2.45 bits per heavy atom. The number of H-pyrrole nitrogens is 1. The number of rotatable bonds is 3. The quantitative estimate of drug-likeness (QED) is 0.892. The minimum absolute atomic E-state index is 0.820. The van der Waals surface area contributed by atoms with E-state index in [0.717, 1.165) is 18.3 Å². The van der Waals surface area contributed by atoms with Gasteiger partial charge >= 0.3 is 0 Å². The minimum Gasteiger partial charge on any atom is -0.306 e. The fraction of sp³-hybridized carbons (Fsp3) is 0.800. The van der Waals surface area contributed by atoms with Gasteiger partial charge in [0, 0.05) is 44.5 Å². The molecular weight excluding hydrogens is 250 g/mol. The maximum Gasteiger partial charge on any atom is 0.0765 e. The van der Waals surface area contributed by atoms with Gasteiger partial charge in [0.2, 0.25) is 0 Å². The second kappa shape index (κ2) is 6.24. The summed E-state index contributed by atoms with van der Waals surface area (Å²) in [5.74, 6) is 0. The molecule has 5 heteroatoms. The van der Waals surface area contributed by atoms with Crippen LogP contribution in [0.2, 0.25) is 0 Å². The number of hydrogen-bond donors (Lipinski definition) is 1. The van der Waals surface area contributed by atoms with Crippen molar-refractivity contribution in [1.29, 1.82) is 0 Å². The SMILES string of the molecule is Cc1cc(CN2CCN(C3CCN(C)CC3)CC2)n[nH]1. The fourth-order valence-corrected chi connectivity index (χ4v) is 3.43. The number of aromatic nitrogens is 2. The summed E-state index contributed by atoms with van der Waals surface area (Å²) in [6.45, 7) is 10.4. The maximum atomic E-state index is 4.34. The zero-order valence-electron chi connectivity index (χ0n) is 12.8. The lowest BCUT2D eigenvalue weighted by Crippen LogP contribution is -2.52. The molecule has 112 valence electrons. The standard InChI is InChI=1S/C15H27N5/c1-13-11-14(17-16-13)12-19-7-9-20(10-8-19)15-3-5-18(2)6-4-15/h11,15H,3-10,12H2,1-2H3,(H,16,17). The van der Waals surface area contributed by atoms with Gasteiger partial charge in [-0.3, -0.25) is 14.9 Å². The van der Waals surface area contributed by atoms with Gasteiger partial charge in [-0.25, -0.2) is 0 Å². The van der Waals surface area contributed by atoms with Crippen LogP contribution in [0, 0.1) is 6.92 Å². The molecule has 0 aliphatic carbocycles. The molecule has 0 bridgehead atoms. The minimum atomic E-state index is 0.820. The Labute approximate surface area is 121 Å². The highest BCUT2D eigenvalue weighted by molar-refractivity contribution is 5.06. The lowest BCUT2D eigenvalue weighted by molar-refractivity contribution is 0.0614. The Morgan fingerprint density at radius 2 is 1.85 bits per heavy atom. The van der Waals surface area contributed by atoms with Crippen molar-refractivity contribution in [2.45, 2.75) is 32.4 Å². The van der Waals surface area contributed by atoms with Gasteiger partial charge in [0.15, 0.2) is 0 Å². The van der Waals surface area contributed by atoms with Crippen LogP contribution in [0.25, 0.3) is 0 Å². The van der Waals surface area contributed by atoms with Crippen molar-refractivity contribution in [3.05, 3.63) is 17.5 Å². The van der Waals surface area contributed by atoms with Crippen LogP contribution in [0.3, 0.4) is 0 Å². The number of piperazine rings is 1. The van der Waals surface area contributed by atoms with Gasteiger partial charge in [0.1, 0.15) is 0 Å².